The number of hydrogen-bond acceptors (Lipinski definition) is 3. The molecule has 0 unspecified atom stereocenters. The van der Waals surface area contributed by atoms with Gasteiger partial charge in [-0.25, -0.2) is 0 Å². The fourth-order valence-corrected chi connectivity index (χ4v) is 0.402. The Balaban J connectivity index is 0. The van der Waals surface area contributed by atoms with Crippen molar-refractivity contribution in [2.45, 2.75) is 18.9 Å². The molecule has 0 aromatic carbocycles. The van der Waals surface area contributed by atoms with E-state index in [-0.39, 0.29) is 32.3 Å². The minimum atomic E-state index is -1.17. The van der Waals surface area contributed by atoms with Crippen molar-refractivity contribution in [2.75, 3.05) is 0 Å². The molecular formula is C5H9NO4Ru. The molecule has 0 aliphatic carbocycles. The summed E-state index contributed by atoms with van der Waals surface area (Å²) in [5.74, 6) is -2.20. The van der Waals surface area contributed by atoms with Gasteiger partial charge in [0, 0.05) is 25.9 Å². The third kappa shape index (κ3) is 7.42. The third-order valence-corrected chi connectivity index (χ3v) is 0.986. The van der Waals surface area contributed by atoms with Crippen LogP contribution in [0.25, 0.3) is 0 Å². The van der Waals surface area contributed by atoms with Gasteiger partial charge >= 0.3 is 11.9 Å². The average molecular weight is 248 g/mol. The Labute approximate surface area is 76.3 Å². The van der Waals surface area contributed by atoms with Crippen molar-refractivity contribution < 1.29 is 39.3 Å². The summed E-state index contributed by atoms with van der Waals surface area (Å²) in [7, 11) is 0. The van der Waals surface area contributed by atoms with Gasteiger partial charge in [-0.1, -0.05) is 0 Å². The van der Waals surface area contributed by atoms with E-state index in [1.54, 1.807) is 0 Å². The number of carboxylic acids is 2. The molecule has 0 saturated heterocycles. The fourth-order valence-electron chi connectivity index (χ4n) is 0.402. The first-order valence-corrected chi connectivity index (χ1v) is 2.74. The van der Waals surface area contributed by atoms with Crippen LogP contribution in [0.3, 0.4) is 0 Å². The first kappa shape index (κ1) is 13.1. The van der Waals surface area contributed by atoms with E-state index in [9.17, 15) is 9.59 Å². The van der Waals surface area contributed by atoms with Gasteiger partial charge in [-0.05, 0) is 6.42 Å². The Bertz CT molecular complexity index is 149. The molecule has 0 fully saturated rings. The second kappa shape index (κ2) is 6.25. The van der Waals surface area contributed by atoms with Crippen molar-refractivity contribution in [3.8, 4) is 0 Å². The van der Waals surface area contributed by atoms with E-state index in [0.717, 1.165) is 0 Å². The molecule has 0 radical (unpaired) electrons. The minimum Gasteiger partial charge on any atom is -0.481 e. The van der Waals surface area contributed by atoms with Gasteiger partial charge in [-0.2, -0.15) is 0 Å². The summed E-state index contributed by atoms with van der Waals surface area (Å²) in [5.41, 5.74) is 5.00. The number of rotatable bonds is 4. The molecule has 0 aromatic rings. The summed E-state index contributed by atoms with van der Waals surface area (Å²) in [6.07, 6.45) is -0.224. The molecule has 0 bridgehead atoms. The van der Waals surface area contributed by atoms with Gasteiger partial charge in [0.15, 0.2) is 0 Å². The van der Waals surface area contributed by atoms with Crippen LogP contribution >= 0.6 is 0 Å². The van der Waals surface area contributed by atoms with E-state index >= 15 is 0 Å². The van der Waals surface area contributed by atoms with Gasteiger partial charge < -0.3 is 15.9 Å². The Morgan fingerprint density at radius 1 is 1.36 bits per heavy atom. The maximum Gasteiger partial charge on any atom is 0.320 e. The first-order valence-electron chi connectivity index (χ1n) is 2.74. The maximum absolute atomic E-state index is 9.99. The van der Waals surface area contributed by atoms with Crippen LogP contribution in [0, 0.1) is 0 Å². The molecule has 6 heteroatoms. The van der Waals surface area contributed by atoms with Crippen molar-refractivity contribution in [1.29, 1.82) is 0 Å². The second-order valence-corrected chi connectivity index (χ2v) is 1.88. The van der Waals surface area contributed by atoms with Crippen LogP contribution in [-0.2, 0) is 29.1 Å². The SMILES string of the molecule is N[C@@H](CCC(=O)O)C(=O)O.[Ru]. The Kier molecular flexibility index (Phi) is 7.46. The molecule has 0 heterocycles. The van der Waals surface area contributed by atoms with Crippen LogP contribution in [0.15, 0.2) is 0 Å². The molecule has 0 aliphatic rings. The van der Waals surface area contributed by atoms with Crippen molar-refractivity contribution in [1.82, 2.24) is 0 Å². The third-order valence-electron chi connectivity index (χ3n) is 0.986. The van der Waals surface area contributed by atoms with Gasteiger partial charge in [-0.3, -0.25) is 9.59 Å². The van der Waals surface area contributed by atoms with E-state index < -0.39 is 18.0 Å². The predicted molar refractivity (Wildman–Crippen MR) is 32.5 cm³/mol. The zero-order chi connectivity index (χ0) is 8.15. The fraction of sp³-hybridized carbons (Fsp3) is 0.600. The van der Waals surface area contributed by atoms with Gasteiger partial charge in [0.2, 0.25) is 0 Å². The summed E-state index contributed by atoms with van der Waals surface area (Å²) in [6.45, 7) is 0. The van der Waals surface area contributed by atoms with Crippen LogP contribution in [0.1, 0.15) is 12.8 Å². The minimum absolute atomic E-state index is 0. The van der Waals surface area contributed by atoms with Gasteiger partial charge in [0.25, 0.3) is 0 Å². The number of hydrogen-bond donors (Lipinski definition) is 3. The van der Waals surface area contributed by atoms with Gasteiger partial charge in [0.05, 0.1) is 0 Å². The van der Waals surface area contributed by atoms with E-state index in [1.807, 2.05) is 0 Å². The van der Waals surface area contributed by atoms with Gasteiger partial charge in [0.1, 0.15) is 6.04 Å². The summed E-state index contributed by atoms with van der Waals surface area (Å²) < 4.78 is 0. The summed E-state index contributed by atoms with van der Waals surface area (Å²) >= 11 is 0. The molecule has 66 valence electrons. The molecular weight excluding hydrogens is 239 g/mol. The second-order valence-electron chi connectivity index (χ2n) is 1.88. The van der Waals surface area contributed by atoms with Crippen LogP contribution in [0.2, 0.25) is 0 Å². The number of carbonyl (C=O) groups is 2. The molecule has 0 rings (SSSR count). The quantitative estimate of drug-likeness (QED) is 0.569. The molecule has 11 heavy (non-hydrogen) atoms. The Morgan fingerprint density at radius 2 is 1.82 bits per heavy atom. The van der Waals surface area contributed by atoms with Crippen molar-refractivity contribution >= 4 is 11.9 Å². The summed E-state index contributed by atoms with van der Waals surface area (Å²) in [5, 5.41) is 16.3. The van der Waals surface area contributed by atoms with Crippen LogP contribution < -0.4 is 5.73 Å². The molecule has 0 spiro atoms. The van der Waals surface area contributed by atoms with Crippen LogP contribution in [0.5, 0.6) is 0 Å². The van der Waals surface area contributed by atoms with E-state index in [1.165, 1.54) is 0 Å². The largest absolute Gasteiger partial charge is 0.481 e. The van der Waals surface area contributed by atoms with Crippen molar-refractivity contribution in [2.24, 2.45) is 5.73 Å². The molecule has 0 aromatic heterocycles. The van der Waals surface area contributed by atoms with E-state index in [2.05, 4.69) is 0 Å². The zero-order valence-corrected chi connectivity index (χ0v) is 7.37. The van der Waals surface area contributed by atoms with E-state index in [4.69, 9.17) is 15.9 Å². The molecule has 1 atom stereocenters. The molecule has 0 amide bonds. The number of nitrogens with two attached hydrogens (primary N) is 1. The van der Waals surface area contributed by atoms with Crippen LogP contribution in [-0.4, -0.2) is 28.2 Å². The van der Waals surface area contributed by atoms with Crippen molar-refractivity contribution in [3.63, 3.8) is 0 Å². The summed E-state index contributed by atoms with van der Waals surface area (Å²) in [4.78, 5) is 19.9. The zero-order valence-electron chi connectivity index (χ0n) is 5.63. The molecule has 0 saturated carbocycles. The Hall–Kier alpha value is -0.477. The van der Waals surface area contributed by atoms with Gasteiger partial charge in [-0.15, -0.1) is 0 Å². The molecule has 5 nitrogen and oxygen atoms in total. The average Bonchev–Trinajstić information content (AvgIpc) is 1.82. The molecule has 0 aliphatic heterocycles. The smallest absolute Gasteiger partial charge is 0.320 e. The number of aliphatic carboxylic acids is 2. The van der Waals surface area contributed by atoms with Crippen LogP contribution in [0.4, 0.5) is 0 Å². The monoisotopic (exact) mass is 249 g/mol. The normalized spacial score (nSPS) is 11.4. The topological polar surface area (TPSA) is 101 Å². The first-order chi connectivity index (χ1) is 4.54. The standard InChI is InChI=1S/C5H9NO4.Ru/c6-3(5(9)10)1-2-4(7)8;/h3H,1-2,6H2,(H,7,8)(H,9,10);/t3-;/m0./s1. The summed E-state index contributed by atoms with van der Waals surface area (Å²) in [6, 6.07) is -1.06. The number of carboxylic acid groups (broad SMARTS) is 2. The van der Waals surface area contributed by atoms with Crippen molar-refractivity contribution in [3.05, 3.63) is 0 Å². The maximum atomic E-state index is 9.99. The predicted octanol–water partition coefficient (Wildman–Crippen LogP) is -0.739. The molecule has 4 N–H and O–H groups in total. The van der Waals surface area contributed by atoms with E-state index in [0.29, 0.717) is 0 Å². The Morgan fingerprint density at radius 3 is 2.09 bits per heavy atom.